The lowest BCUT2D eigenvalue weighted by Crippen LogP contribution is -2.33. The molecular formula is C22H25N7. The summed E-state index contributed by atoms with van der Waals surface area (Å²) in [5, 5.41) is 0. The van der Waals surface area contributed by atoms with Crippen molar-refractivity contribution in [1.29, 1.82) is 0 Å². The number of pyridine rings is 2. The molecule has 7 heteroatoms. The van der Waals surface area contributed by atoms with Crippen LogP contribution in [0, 0.1) is 6.92 Å². The molecule has 3 heterocycles. The Morgan fingerprint density at radius 2 is 1.66 bits per heavy atom. The molecule has 0 spiro atoms. The standard InChI is InChI=1S/C22H25N7/c1-14(28(3)17-7-5-4-6-8-17)13-29-15(2)25-19-10-9-18(26-22(19)29)16-11-20(23)27-21(24)12-16/h4-12,14H,13H2,1-3H3,(H4,23,24,27). The van der Waals surface area contributed by atoms with Crippen molar-refractivity contribution in [2.75, 3.05) is 23.4 Å². The van der Waals surface area contributed by atoms with Crippen molar-refractivity contribution < 1.29 is 0 Å². The third-order valence-corrected chi connectivity index (χ3v) is 5.22. The molecule has 3 aromatic heterocycles. The van der Waals surface area contributed by atoms with Gasteiger partial charge in [-0.2, -0.15) is 0 Å². The Bertz CT molecular complexity index is 1130. The number of hydrogen-bond donors (Lipinski definition) is 2. The summed E-state index contributed by atoms with van der Waals surface area (Å²) < 4.78 is 2.16. The first kappa shape index (κ1) is 18.7. The second kappa shape index (κ2) is 7.43. The number of para-hydroxylation sites is 1. The van der Waals surface area contributed by atoms with Gasteiger partial charge < -0.3 is 20.9 Å². The Morgan fingerprint density at radius 1 is 0.966 bits per heavy atom. The zero-order valence-electron chi connectivity index (χ0n) is 16.9. The van der Waals surface area contributed by atoms with Gasteiger partial charge in [0, 0.05) is 30.9 Å². The molecule has 1 atom stereocenters. The van der Waals surface area contributed by atoms with Crippen LogP contribution in [0.5, 0.6) is 0 Å². The van der Waals surface area contributed by atoms with Crippen LogP contribution in [0.1, 0.15) is 12.7 Å². The van der Waals surface area contributed by atoms with Crippen molar-refractivity contribution in [3.8, 4) is 11.3 Å². The molecule has 7 nitrogen and oxygen atoms in total. The molecule has 0 fully saturated rings. The van der Waals surface area contributed by atoms with Crippen molar-refractivity contribution in [2.24, 2.45) is 0 Å². The molecule has 148 valence electrons. The van der Waals surface area contributed by atoms with Crippen LogP contribution in [0.4, 0.5) is 17.3 Å². The number of imidazole rings is 1. The van der Waals surface area contributed by atoms with E-state index < -0.39 is 0 Å². The molecule has 1 aromatic carbocycles. The van der Waals surface area contributed by atoms with Gasteiger partial charge in [0.2, 0.25) is 0 Å². The summed E-state index contributed by atoms with van der Waals surface area (Å²) in [6.07, 6.45) is 0. The zero-order valence-corrected chi connectivity index (χ0v) is 16.9. The quantitative estimate of drug-likeness (QED) is 0.544. The lowest BCUT2D eigenvalue weighted by atomic mass is 10.1. The van der Waals surface area contributed by atoms with Gasteiger partial charge in [-0.25, -0.2) is 15.0 Å². The zero-order chi connectivity index (χ0) is 20.5. The number of likely N-dealkylation sites (N-methyl/N-ethyl adjacent to an activating group) is 1. The van der Waals surface area contributed by atoms with Gasteiger partial charge >= 0.3 is 0 Å². The summed E-state index contributed by atoms with van der Waals surface area (Å²) in [6, 6.07) is 18.1. The van der Waals surface area contributed by atoms with Gasteiger partial charge in [0.25, 0.3) is 0 Å². The number of benzene rings is 1. The van der Waals surface area contributed by atoms with Crippen molar-refractivity contribution >= 4 is 28.5 Å². The molecule has 4 N–H and O–H groups in total. The molecule has 0 aliphatic carbocycles. The number of aromatic nitrogens is 4. The summed E-state index contributed by atoms with van der Waals surface area (Å²) in [6.45, 7) is 4.98. The number of hydrogen-bond acceptors (Lipinski definition) is 6. The smallest absolute Gasteiger partial charge is 0.160 e. The van der Waals surface area contributed by atoms with Crippen LogP contribution in [0.3, 0.4) is 0 Å². The normalized spacial score (nSPS) is 12.2. The fourth-order valence-electron chi connectivity index (χ4n) is 3.52. The Balaban J connectivity index is 1.70. The van der Waals surface area contributed by atoms with Crippen LogP contribution in [-0.2, 0) is 6.54 Å². The summed E-state index contributed by atoms with van der Waals surface area (Å²) in [5.41, 5.74) is 16.3. The van der Waals surface area contributed by atoms with Gasteiger partial charge in [-0.15, -0.1) is 0 Å². The van der Waals surface area contributed by atoms with E-state index in [1.807, 2.05) is 25.1 Å². The van der Waals surface area contributed by atoms with E-state index in [0.717, 1.165) is 34.8 Å². The highest BCUT2D eigenvalue weighted by Gasteiger charge is 2.16. The highest BCUT2D eigenvalue weighted by molar-refractivity contribution is 5.77. The molecule has 0 saturated heterocycles. The van der Waals surface area contributed by atoms with E-state index in [4.69, 9.17) is 16.5 Å². The number of aryl methyl sites for hydroxylation is 1. The summed E-state index contributed by atoms with van der Waals surface area (Å²) >= 11 is 0. The van der Waals surface area contributed by atoms with Crippen LogP contribution < -0.4 is 16.4 Å². The lowest BCUT2D eigenvalue weighted by molar-refractivity contribution is 0.561. The topological polar surface area (TPSA) is 98.9 Å². The van der Waals surface area contributed by atoms with E-state index >= 15 is 0 Å². The van der Waals surface area contributed by atoms with Gasteiger partial charge in [-0.05, 0) is 50.2 Å². The predicted molar refractivity (Wildman–Crippen MR) is 119 cm³/mol. The van der Waals surface area contributed by atoms with E-state index in [9.17, 15) is 0 Å². The Hall–Kier alpha value is -3.61. The molecule has 1 unspecified atom stereocenters. The van der Waals surface area contributed by atoms with E-state index in [1.165, 1.54) is 5.69 Å². The van der Waals surface area contributed by atoms with Crippen molar-refractivity contribution in [1.82, 2.24) is 19.5 Å². The van der Waals surface area contributed by atoms with Gasteiger partial charge in [-0.3, -0.25) is 0 Å². The minimum Gasteiger partial charge on any atom is -0.384 e. The minimum absolute atomic E-state index is 0.256. The second-order valence-electron chi connectivity index (χ2n) is 7.31. The molecule has 0 bridgehead atoms. The fraction of sp³-hybridized carbons (Fsp3) is 0.227. The van der Waals surface area contributed by atoms with Crippen LogP contribution in [-0.4, -0.2) is 32.6 Å². The van der Waals surface area contributed by atoms with Gasteiger partial charge in [0.15, 0.2) is 5.65 Å². The molecule has 4 aromatic rings. The highest BCUT2D eigenvalue weighted by atomic mass is 15.2. The first-order valence-corrected chi connectivity index (χ1v) is 9.57. The fourth-order valence-corrected chi connectivity index (χ4v) is 3.52. The molecule has 4 rings (SSSR count). The van der Waals surface area contributed by atoms with Crippen LogP contribution in [0.25, 0.3) is 22.4 Å². The van der Waals surface area contributed by atoms with E-state index in [1.54, 1.807) is 12.1 Å². The predicted octanol–water partition coefficient (Wildman–Crippen LogP) is 3.49. The molecule has 0 aliphatic heterocycles. The maximum absolute atomic E-state index is 5.86. The Labute approximate surface area is 170 Å². The van der Waals surface area contributed by atoms with E-state index in [2.05, 4.69) is 57.7 Å². The molecule has 29 heavy (non-hydrogen) atoms. The monoisotopic (exact) mass is 387 g/mol. The number of anilines is 3. The molecule has 0 saturated carbocycles. The Morgan fingerprint density at radius 3 is 2.34 bits per heavy atom. The van der Waals surface area contributed by atoms with Crippen LogP contribution in [0.2, 0.25) is 0 Å². The first-order valence-electron chi connectivity index (χ1n) is 9.57. The molecular weight excluding hydrogens is 362 g/mol. The van der Waals surface area contributed by atoms with E-state index in [-0.39, 0.29) is 6.04 Å². The molecule has 0 aliphatic rings. The molecule has 0 radical (unpaired) electrons. The average molecular weight is 387 g/mol. The van der Waals surface area contributed by atoms with Gasteiger partial charge in [0.1, 0.15) is 23.0 Å². The number of nitrogens with zero attached hydrogens (tertiary/aromatic N) is 5. The summed E-state index contributed by atoms with van der Waals surface area (Å²) in [7, 11) is 2.11. The third-order valence-electron chi connectivity index (χ3n) is 5.22. The number of rotatable bonds is 5. The molecule has 0 amide bonds. The number of nitrogens with two attached hydrogens (primary N) is 2. The van der Waals surface area contributed by atoms with Gasteiger partial charge in [0.05, 0.1) is 5.69 Å². The maximum atomic E-state index is 5.86. The Kier molecular flexibility index (Phi) is 4.80. The first-order chi connectivity index (χ1) is 13.9. The van der Waals surface area contributed by atoms with Crippen molar-refractivity contribution in [2.45, 2.75) is 26.4 Å². The highest BCUT2D eigenvalue weighted by Crippen LogP contribution is 2.25. The SMILES string of the molecule is Cc1nc2ccc(-c3cc(N)nc(N)c3)nc2n1CC(C)N(C)c1ccccc1. The van der Waals surface area contributed by atoms with Crippen LogP contribution in [0.15, 0.2) is 54.6 Å². The van der Waals surface area contributed by atoms with Crippen molar-refractivity contribution in [3.05, 3.63) is 60.4 Å². The second-order valence-corrected chi connectivity index (χ2v) is 7.31. The number of nitrogen functional groups attached to an aromatic ring is 2. The van der Waals surface area contributed by atoms with Crippen LogP contribution >= 0.6 is 0 Å². The lowest BCUT2D eigenvalue weighted by Gasteiger charge is -2.27. The maximum Gasteiger partial charge on any atom is 0.160 e. The average Bonchev–Trinajstić information content (AvgIpc) is 3.01. The van der Waals surface area contributed by atoms with Gasteiger partial charge in [-0.1, -0.05) is 18.2 Å². The summed E-state index contributed by atoms with van der Waals surface area (Å²) in [4.78, 5) is 15.9. The van der Waals surface area contributed by atoms with Crippen molar-refractivity contribution in [3.63, 3.8) is 0 Å². The minimum atomic E-state index is 0.256. The summed E-state index contributed by atoms with van der Waals surface area (Å²) in [5.74, 6) is 1.70. The number of fused-ring (bicyclic) bond motifs is 1. The largest absolute Gasteiger partial charge is 0.384 e. The van der Waals surface area contributed by atoms with E-state index in [0.29, 0.717) is 11.6 Å². The third kappa shape index (κ3) is 3.71.